The molecule has 0 radical (unpaired) electrons. The predicted molar refractivity (Wildman–Crippen MR) is 112 cm³/mol. The highest BCUT2D eigenvalue weighted by Gasteiger charge is 2.56. The molecule has 2 atom stereocenters. The summed E-state index contributed by atoms with van der Waals surface area (Å²) >= 11 is 0. The van der Waals surface area contributed by atoms with Gasteiger partial charge in [0.05, 0.1) is 11.6 Å². The summed E-state index contributed by atoms with van der Waals surface area (Å²) in [5, 5.41) is 11.6. The SMILES string of the molecule is CC1CC(C)(C)CC2(C1)NC(=O)N(CC(=O)N(Cc1ccc(C#N)cc1)CC(F)(F)F)C2=O. The standard InChI is InChI=1S/C23H27F3N4O3/c1-15-8-21(2,3)13-22(9-15)19(32)30(20(33)28-22)12-18(31)29(14-23(24,25)26)11-17-6-4-16(10-27)5-7-17/h4-7,15H,8-9,11-14H2,1-3H3,(H,28,33). The van der Waals surface area contributed by atoms with Crippen LogP contribution in [0.1, 0.15) is 51.2 Å². The van der Waals surface area contributed by atoms with Crippen molar-refractivity contribution in [1.29, 1.82) is 5.26 Å². The largest absolute Gasteiger partial charge is 0.406 e. The van der Waals surface area contributed by atoms with Gasteiger partial charge in [0.15, 0.2) is 0 Å². The zero-order chi connectivity index (χ0) is 24.6. The molecule has 33 heavy (non-hydrogen) atoms. The minimum atomic E-state index is -4.66. The Kier molecular flexibility index (Phi) is 6.46. The molecule has 0 aromatic heterocycles. The molecular formula is C23H27F3N4O3. The number of alkyl halides is 3. The maximum Gasteiger partial charge on any atom is 0.406 e. The summed E-state index contributed by atoms with van der Waals surface area (Å²) in [6, 6.07) is 6.96. The Bertz CT molecular complexity index is 984. The topological polar surface area (TPSA) is 93.5 Å². The normalized spacial score (nSPS) is 24.5. The number of benzene rings is 1. The first kappa shape index (κ1) is 24.6. The van der Waals surface area contributed by atoms with Crippen LogP contribution in [0.3, 0.4) is 0 Å². The number of urea groups is 1. The van der Waals surface area contributed by atoms with Crippen LogP contribution < -0.4 is 5.32 Å². The number of nitriles is 1. The van der Waals surface area contributed by atoms with Crippen molar-refractivity contribution in [2.45, 2.75) is 58.3 Å². The zero-order valence-corrected chi connectivity index (χ0v) is 18.8. The Morgan fingerprint density at radius 2 is 1.88 bits per heavy atom. The van der Waals surface area contributed by atoms with Crippen LogP contribution >= 0.6 is 0 Å². The van der Waals surface area contributed by atoms with Crippen molar-refractivity contribution in [2.75, 3.05) is 13.1 Å². The van der Waals surface area contributed by atoms with Gasteiger partial charge >= 0.3 is 12.2 Å². The van der Waals surface area contributed by atoms with Gasteiger partial charge in [0.1, 0.15) is 18.6 Å². The monoisotopic (exact) mass is 464 g/mol. The van der Waals surface area contributed by atoms with Crippen molar-refractivity contribution in [2.24, 2.45) is 11.3 Å². The summed E-state index contributed by atoms with van der Waals surface area (Å²) in [6.45, 7) is 3.32. The quantitative estimate of drug-likeness (QED) is 0.674. The Labute approximate surface area is 190 Å². The van der Waals surface area contributed by atoms with Gasteiger partial charge in [-0.25, -0.2) is 4.79 Å². The van der Waals surface area contributed by atoms with Gasteiger partial charge in [-0.3, -0.25) is 14.5 Å². The third-order valence-corrected chi connectivity index (χ3v) is 6.10. The number of halogens is 3. The first-order valence-corrected chi connectivity index (χ1v) is 10.7. The third-order valence-electron chi connectivity index (χ3n) is 6.10. The molecule has 2 fully saturated rings. The Balaban J connectivity index is 1.78. The van der Waals surface area contributed by atoms with E-state index in [1.54, 1.807) is 0 Å². The molecule has 1 aromatic carbocycles. The highest BCUT2D eigenvalue weighted by Crippen LogP contribution is 2.46. The lowest BCUT2D eigenvalue weighted by Gasteiger charge is -2.43. The van der Waals surface area contributed by atoms with Crippen molar-refractivity contribution < 1.29 is 27.6 Å². The fraction of sp³-hybridized carbons (Fsp3) is 0.565. The Morgan fingerprint density at radius 1 is 1.24 bits per heavy atom. The molecule has 1 N–H and O–H groups in total. The molecule has 1 aromatic rings. The van der Waals surface area contributed by atoms with Crippen molar-refractivity contribution in [3.63, 3.8) is 0 Å². The number of carbonyl (C=O) groups is 3. The van der Waals surface area contributed by atoms with E-state index in [0.717, 1.165) is 11.3 Å². The maximum atomic E-state index is 13.2. The molecule has 1 heterocycles. The molecule has 1 saturated carbocycles. The minimum absolute atomic E-state index is 0.159. The molecule has 3 rings (SSSR count). The number of rotatable bonds is 5. The van der Waals surface area contributed by atoms with Gasteiger partial charge < -0.3 is 10.2 Å². The lowest BCUT2D eigenvalue weighted by molar-refractivity contribution is -0.163. The number of imide groups is 1. The fourth-order valence-corrected chi connectivity index (χ4v) is 5.24. The average Bonchev–Trinajstić information content (AvgIpc) is 2.88. The Hall–Kier alpha value is -3.09. The fourth-order valence-electron chi connectivity index (χ4n) is 5.24. The van der Waals surface area contributed by atoms with Crippen molar-refractivity contribution in [3.05, 3.63) is 35.4 Å². The van der Waals surface area contributed by atoms with Crippen molar-refractivity contribution >= 4 is 17.8 Å². The lowest BCUT2D eigenvalue weighted by Crippen LogP contribution is -2.54. The van der Waals surface area contributed by atoms with Gasteiger partial charge in [0.2, 0.25) is 5.91 Å². The molecule has 2 aliphatic rings. The van der Waals surface area contributed by atoms with Crippen LogP contribution in [0, 0.1) is 22.7 Å². The van der Waals surface area contributed by atoms with Crippen LogP contribution in [0.15, 0.2) is 24.3 Å². The van der Waals surface area contributed by atoms with Crippen LogP contribution in [0.5, 0.6) is 0 Å². The molecule has 7 nitrogen and oxygen atoms in total. The van der Waals surface area contributed by atoms with E-state index >= 15 is 0 Å². The smallest absolute Gasteiger partial charge is 0.328 e. The minimum Gasteiger partial charge on any atom is -0.328 e. The number of hydrogen-bond donors (Lipinski definition) is 1. The number of nitrogens with one attached hydrogen (secondary N) is 1. The summed E-state index contributed by atoms with van der Waals surface area (Å²) < 4.78 is 39.5. The van der Waals surface area contributed by atoms with Crippen LogP contribution in [-0.4, -0.2) is 52.5 Å². The van der Waals surface area contributed by atoms with E-state index in [9.17, 15) is 27.6 Å². The van der Waals surface area contributed by atoms with Gasteiger partial charge in [-0.15, -0.1) is 0 Å². The van der Waals surface area contributed by atoms with E-state index in [1.807, 2.05) is 26.8 Å². The molecule has 10 heteroatoms. The molecule has 4 amide bonds. The molecule has 2 unspecified atom stereocenters. The van der Waals surface area contributed by atoms with Crippen LogP contribution in [0.25, 0.3) is 0 Å². The van der Waals surface area contributed by atoms with Crippen LogP contribution in [0.4, 0.5) is 18.0 Å². The summed E-state index contributed by atoms with van der Waals surface area (Å²) in [4.78, 5) is 40.0. The molecular weight excluding hydrogens is 437 g/mol. The third kappa shape index (κ3) is 5.64. The van der Waals surface area contributed by atoms with Crippen LogP contribution in [-0.2, 0) is 16.1 Å². The molecule has 1 spiro atoms. The number of carbonyl (C=O) groups excluding carboxylic acids is 3. The number of amides is 4. The summed E-state index contributed by atoms with van der Waals surface area (Å²) in [7, 11) is 0. The summed E-state index contributed by atoms with van der Waals surface area (Å²) in [5.74, 6) is -1.39. The van der Waals surface area contributed by atoms with Gasteiger partial charge in [0.25, 0.3) is 5.91 Å². The molecule has 1 aliphatic heterocycles. The maximum absolute atomic E-state index is 13.2. The van der Waals surface area contributed by atoms with Crippen molar-refractivity contribution in [3.8, 4) is 6.07 Å². The van der Waals surface area contributed by atoms with Gasteiger partial charge in [0, 0.05) is 6.54 Å². The number of nitrogens with zero attached hydrogens (tertiary/aromatic N) is 3. The zero-order valence-electron chi connectivity index (χ0n) is 18.8. The molecule has 0 bridgehead atoms. The lowest BCUT2D eigenvalue weighted by atomic mass is 9.64. The second-order valence-electron chi connectivity index (χ2n) is 9.93. The number of hydrogen-bond acceptors (Lipinski definition) is 4. The van der Waals surface area contributed by atoms with E-state index in [2.05, 4.69) is 5.32 Å². The van der Waals surface area contributed by atoms with E-state index in [0.29, 0.717) is 28.9 Å². The van der Waals surface area contributed by atoms with Crippen LogP contribution in [0.2, 0.25) is 0 Å². The Morgan fingerprint density at radius 3 is 2.42 bits per heavy atom. The first-order chi connectivity index (χ1) is 15.2. The van der Waals surface area contributed by atoms with E-state index in [-0.39, 0.29) is 17.9 Å². The van der Waals surface area contributed by atoms with E-state index in [1.165, 1.54) is 24.3 Å². The van der Waals surface area contributed by atoms with E-state index < -0.39 is 42.7 Å². The predicted octanol–water partition coefficient (Wildman–Crippen LogP) is 3.59. The van der Waals surface area contributed by atoms with E-state index in [4.69, 9.17) is 5.26 Å². The second-order valence-corrected chi connectivity index (χ2v) is 9.93. The van der Waals surface area contributed by atoms with Crippen molar-refractivity contribution in [1.82, 2.24) is 15.1 Å². The first-order valence-electron chi connectivity index (χ1n) is 10.7. The summed E-state index contributed by atoms with van der Waals surface area (Å²) in [6.07, 6.45) is -2.97. The molecule has 178 valence electrons. The van der Waals surface area contributed by atoms with Gasteiger partial charge in [-0.05, 0) is 48.3 Å². The summed E-state index contributed by atoms with van der Waals surface area (Å²) in [5.41, 5.74) is -0.621. The second kappa shape index (κ2) is 8.69. The van der Waals surface area contributed by atoms with Gasteiger partial charge in [-0.1, -0.05) is 32.9 Å². The molecule has 1 aliphatic carbocycles. The van der Waals surface area contributed by atoms with Gasteiger partial charge in [-0.2, -0.15) is 18.4 Å². The highest BCUT2D eigenvalue weighted by atomic mass is 19.4. The average molecular weight is 464 g/mol. The highest BCUT2D eigenvalue weighted by molar-refractivity contribution is 6.09. The molecule has 1 saturated heterocycles.